The van der Waals surface area contributed by atoms with Crippen molar-refractivity contribution in [2.75, 3.05) is 39.3 Å². The first-order valence-electron chi connectivity index (χ1n) is 8.98. The second-order valence-corrected chi connectivity index (χ2v) is 7.28. The molecule has 3 fully saturated rings. The van der Waals surface area contributed by atoms with Gasteiger partial charge in [-0.2, -0.15) is 0 Å². The molecule has 0 N–H and O–H groups in total. The summed E-state index contributed by atoms with van der Waals surface area (Å²) in [5.74, 6) is 1.52. The average molecular weight is 314 g/mol. The maximum absolute atomic E-state index is 12.6. The summed E-state index contributed by atoms with van der Waals surface area (Å²) in [6.45, 7) is 6.16. The highest BCUT2D eigenvalue weighted by Gasteiger charge is 2.39. The number of likely N-dealkylation sites (tertiary alicyclic amines) is 2. The summed E-state index contributed by atoms with van der Waals surface area (Å²) in [5, 5.41) is 0. The van der Waals surface area contributed by atoms with Crippen molar-refractivity contribution in [3.05, 3.63) is 35.9 Å². The molecule has 0 spiro atoms. The lowest BCUT2D eigenvalue weighted by Gasteiger charge is -2.35. The molecule has 1 aromatic carbocycles. The van der Waals surface area contributed by atoms with E-state index in [1.165, 1.54) is 19.3 Å². The van der Waals surface area contributed by atoms with Crippen LogP contribution in [0.5, 0.6) is 0 Å². The van der Waals surface area contributed by atoms with Crippen molar-refractivity contribution in [2.24, 2.45) is 11.8 Å². The number of ether oxygens (including phenoxy) is 1. The fourth-order valence-corrected chi connectivity index (χ4v) is 4.42. The molecule has 0 bridgehead atoms. The van der Waals surface area contributed by atoms with Gasteiger partial charge in [0, 0.05) is 38.3 Å². The van der Waals surface area contributed by atoms with Gasteiger partial charge in [0.1, 0.15) is 0 Å². The fourth-order valence-electron chi connectivity index (χ4n) is 4.42. The van der Waals surface area contributed by atoms with Crippen LogP contribution in [0.25, 0.3) is 0 Å². The van der Waals surface area contributed by atoms with Gasteiger partial charge in [-0.1, -0.05) is 18.2 Å². The van der Waals surface area contributed by atoms with Crippen molar-refractivity contribution in [3.63, 3.8) is 0 Å². The highest BCUT2D eigenvalue weighted by Crippen LogP contribution is 2.32. The summed E-state index contributed by atoms with van der Waals surface area (Å²) in [4.78, 5) is 17.3. The molecule has 4 nitrogen and oxygen atoms in total. The Bertz CT molecular complexity index is 542. The summed E-state index contributed by atoms with van der Waals surface area (Å²) < 4.78 is 5.78. The monoisotopic (exact) mass is 314 g/mol. The lowest BCUT2D eigenvalue weighted by atomic mass is 9.88. The third-order valence-corrected chi connectivity index (χ3v) is 5.68. The SMILES string of the molecule is O=C(c1ccccc1)N1C[C@H]2CN(CC3CCCO3)CC[C@H]2C1. The van der Waals surface area contributed by atoms with Gasteiger partial charge in [-0.25, -0.2) is 0 Å². The minimum atomic E-state index is 0.200. The summed E-state index contributed by atoms with van der Waals surface area (Å²) in [6, 6.07) is 9.70. The van der Waals surface area contributed by atoms with Crippen molar-refractivity contribution in [2.45, 2.75) is 25.4 Å². The van der Waals surface area contributed by atoms with Gasteiger partial charge in [0.2, 0.25) is 0 Å². The largest absolute Gasteiger partial charge is 0.377 e. The Labute approximate surface area is 138 Å². The molecule has 0 radical (unpaired) electrons. The number of hydrogen-bond donors (Lipinski definition) is 0. The Hall–Kier alpha value is -1.39. The quantitative estimate of drug-likeness (QED) is 0.858. The number of benzene rings is 1. The summed E-state index contributed by atoms with van der Waals surface area (Å²) in [7, 11) is 0. The number of carbonyl (C=O) groups excluding carboxylic acids is 1. The highest BCUT2D eigenvalue weighted by atomic mass is 16.5. The first-order valence-corrected chi connectivity index (χ1v) is 8.98. The predicted molar refractivity (Wildman–Crippen MR) is 89.4 cm³/mol. The van der Waals surface area contributed by atoms with E-state index < -0.39 is 0 Å². The molecule has 4 rings (SSSR count). The summed E-state index contributed by atoms with van der Waals surface area (Å²) >= 11 is 0. The fraction of sp³-hybridized carbons (Fsp3) is 0.632. The molecular formula is C19H26N2O2. The van der Waals surface area contributed by atoms with Crippen LogP contribution in [0.1, 0.15) is 29.6 Å². The van der Waals surface area contributed by atoms with E-state index in [1.54, 1.807) is 0 Å². The molecule has 124 valence electrons. The molecule has 3 atom stereocenters. The van der Waals surface area contributed by atoms with Crippen molar-refractivity contribution >= 4 is 5.91 Å². The van der Waals surface area contributed by atoms with Gasteiger partial charge in [-0.3, -0.25) is 4.79 Å². The maximum Gasteiger partial charge on any atom is 0.253 e. The van der Waals surface area contributed by atoms with Crippen LogP contribution in [0.3, 0.4) is 0 Å². The second kappa shape index (κ2) is 6.62. The molecule has 4 heteroatoms. The van der Waals surface area contributed by atoms with E-state index in [0.29, 0.717) is 17.9 Å². The van der Waals surface area contributed by atoms with E-state index in [4.69, 9.17) is 4.74 Å². The molecule has 0 aromatic heterocycles. The number of rotatable bonds is 3. The Morgan fingerprint density at radius 3 is 2.70 bits per heavy atom. The normalized spacial score (nSPS) is 31.3. The van der Waals surface area contributed by atoms with Gasteiger partial charge in [-0.15, -0.1) is 0 Å². The Morgan fingerprint density at radius 1 is 1.09 bits per heavy atom. The van der Waals surface area contributed by atoms with Gasteiger partial charge in [0.05, 0.1) is 6.10 Å². The van der Waals surface area contributed by atoms with Crippen LogP contribution in [-0.4, -0.2) is 61.1 Å². The van der Waals surface area contributed by atoms with E-state index in [2.05, 4.69) is 9.80 Å². The van der Waals surface area contributed by atoms with Gasteiger partial charge in [0.25, 0.3) is 5.91 Å². The Morgan fingerprint density at radius 2 is 1.91 bits per heavy atom. The van der Waals surface area contributed by atoms with Crippen LogP contribution in [0.4, 0.5) is 0 Å². The Balaban J connectivity index is 1.35. The lowest BCUT2D eigenvalue weighted by molar-refractivity contribution is 0.0506. The number of nitrogens with zero attached hydrogens (tertiary/aromatic N) is 2. The molecule has 1 aromatic rings. The van der Waals surface area contributed by atoms with Crippen molar-refractivity contribution in [3.8, 4) is 0 Å². The molecule has 0 saturated carbocycles. The van der Waals surface area contributed by atoms with E-state index in [1.807, 2.05) is 30.3 Å². The van der Waals surface area contributed by atoms with Crippen molar-refractivity contribution in [1.29, 1.82) is 0 Å². The van der Waals surface area contributed by atoms with E-state index in [9.17, 15) is 4.79 Å². The minimum Gasteiger partial charge on any atom is -0.377 e. The van der Waals surface area contributed by atoms with Crippen LogP contribution in [0.15, 0.2) is 30.3 Å². The zero-order valence-corrected chi connectivity index (χ0v) is 13.7. The first kappa shape index (κ1) is 15.2. The molecule has 1 amide bonds. The second-order valence-electron chi connectivity index (χ2n) is 7.28. The maximum atomic E-state index is 12.6. The van der Waals surface area contributed by atoms with Crippen molar-refractivity contribution in [1.82, 2.24) is 9.80 Å². The highest BCUT2D eigenvalue weighted by molar-refractivity contribution is 5.94. The minimum absolute atomic E-state index is 0.200. The molecule has 3 aliphatic rings. The third-order valence-electron chi connectivity index (χ3n) is 5.68. The molecule has 3 heterocycles. The third kappa shape index (κ3) is 3.29. The zero-order valence-electron chi connectivity index (χ0n) is 13.7. The van der Waals surface area contributed by atoms with Crippen molar-refractivity contribution < 1.29 is 9.53 Å². The molecule has 3 saturated heterocycles. The smallest absolute Gasteiger partial charge is 0.253 e. The van der Waals surface area contributed by atoms with Gasteiger partial charge >= 0.3 is 0 Å². The average Bonchev–Trinajstić information content (AvgIpc) is 3.24. The zero-order chi connectivity index (χ0) is 15.6. The first-order chi connectivity index (χ1) is 11.3. The van der Waals surface area contributed by atoms with E-state index in [-0.39, 0.29) is 5.91 Å². The van der Waals surface area contributed by atoms with Gasteiger partial charge < -0.3 is 14.5 Å². The summed E-state index contributed by atoms with van der Waals surface area (Å²) in [6.07, 6.45) is 4.08. The number of hydrogen-bond acceptors (Lipinski definition) is 3. The molecule has 23 heavy (non-hydrogen) atoms. The molecule has 1 unspecified atom stereocenters. The number of fused-ring (bicyclic) bond motifs is 1. The predicted octanol–water partition coefficient (Wildman–Crippen LogP) is 2.26. The number of piperidine rings is 1. The Kier molecular flexibility index (Phi) is 4.36. The molecule has 3 aliphatic heterocycles. The van der Waals surface area contributed by atoms with Crippen LogP contribution in [0, 0.1) is 11.8 Å². The number of carbonyl (C=O) groups is 1. The standard InChI is InChI=1S/C19H26N2O2/c22-19(15-5-2-1-3-6-15)21-12-16-8-9-20(11-17(16)13-21)14-18-7-4-10-23-18/h1-3,5-6,16-18H,4,7-14H2/t16-,17+,18?/m0/s1. The number of amides is 1. The van der Waals surface area contributed by atoms with Gasteiger partial charge in [0.15, 0.2) is 0 Å². The molecular weight excluding hydrogens is 288 g/mol. The van der Waals surface area contributed by atoms with Crippen LogP contribution < -0.4 is 0 Å². The van der Waals surface area contributed by atoms with Gasteiger partial charge in [-0.05, 0) is 49.8 Å². The lowest BCUT2D eigenvalue weighted by Crippen LogP contribution is -2.43. The van der Waals surface area contributed by atoms with E-state index in [0.717, 1.165) is 44.9 Å². The topological polar surface area (TPSA) is 32.8 Å². The van der Waals surface area contributed by atoms with Crippen LogP contribution in [-0.2, 0) is 4.74 Å². The molecule has 0 aliphatic carbocycles. The summed E-state index contributed by atoms with van der Waals surface area (Å²) in [5.41, 5.74) is 0.822. The van der Waals surface area contributed by atoms with Crippen LogP contribution >= 0.6 is 0 Å². The van der Waals surface area contributed by atoms with E-state index >= 15 is 0 Å². The van der Waals surface area contributed by atoms with Crippen LogP contribution in [0.2, 0.25) is 0 Å².